The van der Waals surface area contributed by atoms with Gasteiger partial charge in [0.15, 0.2) is 0 Å². The topological polar surface area (TPSA) is 46.5 Å². The molecule has 0 bridgehead atoms. The highest BCUT2D eigenvalue weighted by Crippen LogP contribution is 2.29. The van der Waals surface area contributed by atoms with Crippen molar-refractivity contribution in [2.75, 3.05) is 13.2 Å². The second-order valence-electron chi connectivity index (χ2n) is 6.19. The van der Waals surface area contributed by atoms with Crippen LogP contribution in [0.2, 0.25) is 0 Å². The Morgan fingerprint density at radius 2 is 1.89 bits per heavy atom. The van der Waals surface area contributed by atoms with E-state index in [0.717, 1.165) is 32.1 Å². The lowest BCUT2D eigenvalue weighted by atomic mass is 9.81. The molecule has 0 radical (unpaired) electrons. The van der Waals surface area contributed by atoms with Crippen molar-refractivity contribution >= 4 is 5.97 Å². The van der Waals surface area contributed by atoms with Crippen LogP contribution in [0, 0.1) is 11.3 Å². The molecular formula is C15H30O3. The molecule has 0 aromatic heterocycles. The molecule has 1 N–H and O–H groups in total. The molecule has 0 aliphatic carbocycles. The molecule has 108 valence electrons. The molecule has 0 saturated heterocycles. The number of esters is 1. The fraction of sp³-hybridized carbons (Fsp3) is 0.933. The molecule has 0 spiro atoms. The summed E-state index contributed by atoms with van der Waals surface area (Å²) in [5, 5.41) is 9.07. The average Bonchev–Trinajstić information content (AvgIpc) is 2.23. The highest BCUT2D eigenvalue weighted by molar-refractivity contribution is 5.69. The van der Waals surface area contributed by atoms with Crippen LogP contribution in [0.5, 0.6) is 0 Å². The molecule has 0 fully saturated rings. The van der Waals surface area contributed by atoms with Crippen molar-refractivity contribution < 1.29 is 14.6 Å². The van der Waals surface area contributed by atoms with Gasteiger partial charge in [-0.1, -0.05) is 33.6 Å². The number of carbonyl (C=O) groups is 1. The van der Waals surface area contributed by atoms with Gasteiger partial charge in [-0.2, -0.15) is 0 Å². The third-order valence-corrected chi connectivity index (χ3v) is 2.99. The number of aliphatic hydroxyl groups is 1. The lowest BCUT2D eigenvalue weighted by Crippen LogP contribution is -2.15. The molecule has 0 saturated carbocycles. The van der Waals surface area contributed by atoms with Crippen LogP contribution in [-0.2, 0) is 9.53 Å². The highest BCUT2D eigenvalue weighted by atomic mass is 16.5. The second-order valence-corrected chi connectivity index (χ2v) is 6.19. The van der Waals surface area contributed by atoms with E-state index in [0.29, 0.717) is 24.4 Å². The van der Waals surface area contributed by atoms with Crippen molar-refractivity contribution in [2.45, 2.75) is 66.2 Å². The number of ether oxygens (including phenoxy) is 1. The molecule has 0 aliphatic heterocycles. The second kappa shape index (κ2) is 9.37. The van der Waals surface area contributed by atoms with E-state index in [2.05, 4.69) is 20.8 Å². The quantitative estimate of drug-likeness (QED) is 0.508. The Kier molecular flexibility index (Phi) is 9.08. The fourth-order valence-electron chi connectivity index (χ4n) is 2.33. The van der Waals surface area contributed by atoms with Crippen LogP contribution in [0.25, 0.3) is 0 Å². The van der Waals surface area contributed by atoms with Crippen molar-refractivity contribution in [3.8, 4) is 0 Å². The summed E-state index contributed by atoms with van der Waals surface area (Å²) in [6.07, 6.45) is 5.56. The molecule has 0 amide bonds. The van der Waals surface area contributed by atoms with E-state index in [1.807, 2.05) is 6.92 Å². The summed E-state index contributed by atoms with van der Waals surface area (Å²) in [7, 11) is 0. The van der Waals surface area contributed by atoms with Crippen LogP contribution in [-0.4, -0.2) is 24.3 Å². The normalized spacial score (nSPS) is 13.4. The largest absolute Gasteiger partial charge is 0.466 e. The predicted molar refractivity (Wildman–Crippen MR) is 74.4 cm³/mol. The first-order valence-corrected chi connectivity index (χ1v) is 7.15. The first-order valence-electron chi connectivity index (χ1n) is 7.15. The summed E-state index contributed by atoms with van der Waals surface area (Å²) < 4.78 is 4.90. The van der Waals surface area contributed by atoms with Crippen molar-refractivity contribution in [1.29, 1.82) is 0 Å². The molecule has 0 unspecified atom stereocenters. The van der Waals surface area contributed by atoms with Gasteiger partial charge in [0.1, 0.15) is 0 Å². The Morgan fingerprint density at radius 3 is 2.39 bits per heavy atom. The van der Waals surface area contributed by atoms with Gasteiger partial charge in [0.2, 0.25) is 0 Å². The molecule has 0 aliphatic rings. The van der Waals surface area contributed by atoms with Crippen molar-refractivity contribution in [1.82, 2.24) is 0 Å². The number of unbranched alkanes of at least 4 members (excludes halogenated alkanes) is 1. The van der Waals surface area contributed by atoms with Gasteiger partial charge < -0.3 is 9.84 Å². The predicted octanol–water partition coefficient (Wildman–Crippen LogP) is 3.54. The Bertz CT molecular complexity index is 218. The third kappa shape index (κ3) is 10.6. The summed E-state index contributed by atoms with van der Waals surface area (Å²) >= 11 is 0. The van der Waals surface area contributed by atoms with Crippen LogP contribution in [0.15, 0.2) is 0 Å². The van der Waals surface area contributed by atoms with E-state index in [1.54, 1.807) is 0 Å². The van der Waals surface area contributed by atoms with Gasteiger partial charge in [-0.05, 0) is 37.5 Å². The van der Waals surface area contributed by atoms with Crippen LogP contribution in [0.3, 0.4) is 0 Å². The molecule has 0 aromatic rings. The van der Waals surface area contributed by atoms with Crippen LogP contribution < -0.4 is 0 Å². The number of rotatable bonds is 9. The monoisotopic (exact) mass is 258 g/mol. The Morgan fingerprint density at radius 1 is 1.22 bits per heavy atom. The zero-order valence-corrected chi connectivity index (χ0v) is 12.5. The zero-order chi connectivity index (χ0) is 14.0. The van der Waals surface area contributed by atoms with Gasteiger partial charge in [-0.15, -0.1) is 0 Å². The maximum absolute atomic E-state index is 11.2. The van der Waals surface area contributed by atoms with Crippen LogP contribution in [0.4, 0.5) is 0 Å². The van der Waals surface area contributed by atoms with E-state index < -0.39 is 0 Å². The molecular weight excluding hydrogens is 228 g/mol. The fourth-order valence-corrected chi connectivity index (χ4v) is 2.33. The smallest absolute Gasteiger partial charge is 0.305 e. The third-order valence-electron chi connectivity index (χ3n) is 2.99. The van der Waals surface area contributed by atoms with Crippen molar-refractivity contribution in [3.05, 3.63) is 0 Å². The molecule has 1 atom stereocenters. The summed E-state index contributed by atoms with van der Waals surface area (Å²) in [5.74, 6) is 0.476. The van der Waals surface area contributed by atoms with Gasteiger partial charge in [-0.3, -0.25) is 4.79 Å². The zero-order valence-electron chi connectivity index (χ0n) is 12.5. The van der Waals surface area contributed by atoms with E-state index >= 15 is 0 Å². The minimum atomic E-state index is -0.0907. The van der Waals surface area contributed by atoms with Crippen molar-refractivity contribution in [2.24, 2.45) is 11.3 Å². The molecule has 0 rings (SSSR count). The first-order chi connectivity index (χ1) is 8.39. The minimum absolute atomic E-state index is 0.0907. The minimum Gasteiger partial charge on any atom is -0.466 e. The molecule has 18 heavy (non-hydrogen) atoms. The lowest BCUT2D eigenvalue weighted by molar-refractivity contribution is -0.143. The van der Waals surface area contributed by atoms with Crippen molar-refractivity contribution in [3.63, 3.8) is 0 Å². The SMILES string of the molecule is CCOC(=O)CCCC[C@H](CCO)CC(C)(C)C. The van der Waals surface area contributed by atoms with E-state index in [9.17, 15) is 4.79 Å². The summed E-state index contributed by atoms with van der Waals surface area (Å²) in [4.78, 5) is 11.2. The van der Waals surface area contributed by atoms with Gasteiger partial charge in [0, 0.05) is 13.0 Å². The Labute approximate surface area is 112 Å². The summed E-state index contributed by atoms with van der Waals surface area (Å²) in [6.45, 7) is 9.26. The lowest BCUT2D eigenvalue weighted by Gasteiger charge is -2.25. The van der Waals surface area contributed by atoms with Gasteiger partial charge >= 0.3 is 5.97 Å². The average molecular weight is 258 g/mol. The number of aliphatic hydroxyl groups excluding tert-OH is 1. The summed E-state index contributed by atoms with van der Waals surface area (Å²) in [6, 6.07) is 0. The number of carbonyl (C=O) groups excluding carboxylic acids is 1. The standard InChI is InChI=1S/C15H30O3/c1-5-18-14(17)9-7-6-8-13(10-11-16)12-15(2,3)4/h13,16H,5-12H2,1-4H3/t13-/m1/s1. The maximum Gasteiger partial charge on any atom is 0.305 e. The molecule has 3 nitrogen and oxygen atoms in total. The van der Waals surface area contributed by atoms with Gasteiger partial charge in [-0.25, -0.2) is 0 Å². The molecule has 3 heteroatoms. The number of hydrogen-bond donors (Lipinski definition) is 1. The Hall–Kier alpha value is -0.570. The number of hydrogen-bond acceptors (Lipinski definition) is 3. The van der Waals surface area contributed by atoms with Gasteiger partial charge in [0.05, 0.1) is 6.61 Å². The first kappa shape index (κ1) is 17.4. The van der Waals surface area contributed by atoms with Crippen LogP contribution >= 0.6 is 0 Å². The van der Waals surface area contributed by atoms with Crippen LogP contribution in [0.1, 0.15) is 66.2 Å². The Balaban J connectivity index is 3.80. The molecule has 0 aromatic carbocycles. The summed E-state index contributed by atoms with van der Waals surface area (Å²) in [5.41, 5.74) is 0.307. The molecule has 0 heterocycles. The highest BCUT2D eigenvalue weighted by Gasteiger charge is 2.18. The van der Waals surface area contributed by atoms with Gasteiger partial charge in [0.25, 0.3) is 0 Å². The van der Waals surface area contributed by atoms with E-state index in [-0.39, 0.29) is 12.6 Å². The van der Waals surface area contributed by atoms with E-state index in [1.165, 1.54) is 0 Å². The maximum atomic E-state index is 11.2. The van der Waals surface area contributed by atoms with E-state index in [4.69, 9.17) is 9.84 Å².